The summed E-state index contributed by atoms with van der Waals surface area (Å²) >= 11 is 0. The van der Waals surface area contributed by atoms with Crippen molar-refractivity contribution in [2.45, 2.75) is 32.6 Å². The number of aliphatic carboxylic acids is 1. The number of nitrogens with one attached hydrogen (secondary N) is 2. The first-order chi connectivity index (χ1) is 13.9. The Morgan fingerprint density at radius 2 is 1.86 bits per heavy atom. The zero-order chi connectivity index (χ0) is 20.8. The Morgan fingerprint density at radius 3 is 2.55 bits per heavy atom. The summed E-state index contributed by atoms with van der Waals surface area (Å²) in [6.45, 7) is 4.01. The largest absolute Gasteiger partial charge is 0.481 e. The second kappa shape index (κ2) is 8.96. The molecule has 3 aromatic rings. The van der Waals surface area contributed by atoms with E-state index in [-0.39, 0.29) is 12.3 Å². The Balaban J connectivity index is 1.75. The lowest BCUT2D eigenvalue weighted by Gasteiger charge is -2.10. The number of urea groups is 1. The van der Waals surface area contributed by atoms with E-state index in [0.717, 1.165) is 11.3 Å². The van der Waals surface area contributed by atoms with Crippen LogP contribution in [0, 0.1) is 0 Å². The highest BCUT2D eigenvalue weighted by atomic mass is 16.4. The molecule has 0 fully saturated rings. The molecule has 9 heteroatoms. The molecular formula is C20H22N6O3. The van der Waals surface area contributed by atoms with Crippen LogP contribution in [0.15, 0.2) is 48.8 Å². The Kier molecular flexibility index (Phi) is 6.18. The molecule has 29 heavy (non-hydrogen) atoms. The van der Waals surface area contributed by atoms with Gasteiger partial charge in [-0.05, 0) is 36.1 Å². The number of carbonyl (C=O) groups excluding carboxylic acids is 1. The van der Waals surface area contributed by atoms with Gasteiger partial charge in [0.15, 0.2) is 0 Å². The molecule has 0 aliphatic rings. The molecule has 2 aromatic heterocycles. The smallest absolute Gasteiger partial charge is 0.324 e. The van der Waals surface area contributed by atoms with Gasteiger partial charge in [0, 0.05) is 30.6 Å². The van der Waals surface area contributed by atoms with Crippen molar-refractivity contribution < 1.29 is 14.7 Å². The lowest BCUT2D eigenvalue weighted by Crippen LogP contribution is -2.21. The van der Waals surface area contributed by atoms with Crippen LogP contribution in [-0.4, -0.2) is 36.9 Å². The Hall–Kier alpha value is -3.75. The summed E-state index contributed by atoms with van der Waals surface area (Å²) in [6, 6.07) is 10.1. The average Bonchev–Trinajstić information content (AvgIpc) is 3.11. The Morgan fingerprint density at radius 1 is 1.10 bits per heavy atom. The van der Waals surface area contributed by atoms with E-state index in [4.69, 9.17) is 5.11 Å². The third kappa shape index (κ3) is 5.38. The molecule has 0 saturated carbocycles. The van der Waals surface area contributed by atoms with E-state index in [1.807, 2.05) is 19.9 Å². The molecule has 0 saturated heterocycles. The van der Waals surface area contributed by atoms with E-state index < -0.39 is 12.0 Å². The quantitative estimate of drug-likeness (QED) is 0.564. The fourth-order valence-corrected chi connectivity index (χ4v) is 2.66. The first-order valence-electron chi connectivity index (χ1n) is 9.18. The summed E-state index contributed by atoms with van der Waals surface area (Å²) in [5, 5.41) is 18.8. The number of nitrogens with zero attached hydrogens (tertiary/aromatic N) is 4. The van der Waals surface area contributed by atoms with Crippen molar-refractivity contribution in [2.75, 3.05) is 10.6 Å². The summed E-state index contributed by atoms with van der Waals surface area (Å²) in [6.07, 6.45) is 3.63. The standard InChI is InChI=1S/C20H22N6O3/c1-13(2)16-12-17(26(25-16)19-21-9-4-10-22-19)24-20(29)23-15-6-3-5-14(11-15)7-8-18(27)28/h3-6,9-13H,7-8H2,1-2H3,(H,27,28)(H2,23,24,29). The van der Waals surface area contributed by atoms with Gasteiger partial charge < -0.3 is 10.4 Å². The number of hydrogen-bond donors (Lipinski definition) is 3. The number of benzene rings is 1. The highest BCUT2D eigenvalue weighted by Crippen LogP contribution is 2.21. The third-order valence-corrected chi connectivity index (χ3v) is 4.12. The van der Waals surface area contributed by atoms with E-state index in [1.54, 1.807) is 42.7 Å². The minimum atomic E-state index is -0.863. The van der Waals surface area contributed by atoms with Crippen LogP contribution in [0.3, 0.4) is 0 Å². The second-order valence-electron chi connectivity index (χ2n) is 6.74. The molecule has 3 N–H and O–H groups in total. The first kappa shape index (κ1) is 20.0. The van der Waals surface area contributed by atoms with Crippen molar-refractivity contribution in [3.05, 3.63) is 60.0 Å². The number of aromatic nitrogens is 4. The molecule has 0 aliphatic heterocycles. The molecule has 0 radical (unpaired) electrons. The predicted octanol–water partition coefficient (Wildman–Crippen LogP) is 3.45. The van der Waals surface area contributed by atoms with Crippen molar-refractivity contribution in [1.29, 1.82) is 0 Å². The molecule has 3 rings (SSSR count). The van der Waals surface area contributed by atoms with Gasteiger partial charge in [-0.1, -0.05) is 26.0 Å². The van der Waals surface area contributed by atoms with Crippen LogP contribution in [0.2, 0.25) is 0 Å². The van der Waals surface area contributed by atoms with Crippen LogP contribution in [-0.2, 0) is 11.2 Å². The molecule has 2 amide bonds. The number of carbonyl (C=O) groups is 2. The second-order valence-corrected chi connectivity index (χ2v) is 6.74. The van der Waals surface area contributed by atoms with Gasteiger partial charge in [-0.3, -0.25) is 10.1 Å². The molecule has 2 heterocycles. The number of hydrogen-bond acceptors (Lipinski definition) is 5. The lowest BCUT2D eigenvalue weighted by molar-refractivity contribution is -0.136. The summed E-state index contributed by atoms with van der Waals surface area (Å²) in [5.74, 6) is 0.0951. The van der Waals surface area contributed by atoms with Crippen LogP contribution < -0.4 is 10.6 Å². The van der Waals surface area contributed by atoms with E-state index >= 15 is 0 Å². The van der Waals surface area contributed by atoms with Crippen LogP contribution in [0.1, 0.15) is 37.4 Å². The fraction of sp³-hybridized carbons (Fsp3) is 0.250. The number of aryl methyl sites for hydroxylation is 1. The number of carboxylic acid groups (broad SMARTS) is 1. The summed E-state index contributed by atoms with van der Waals surface area (Å²) < 4.78 is 1.48. The van der Waals surface area contributed by atoms with Crippen molar-refractivity contribution in [3.63, 3.8) is 0 Å². The van der Waals surface area contributed by atoms with Crippen LogP contribution >= 0.6 is 0 Å². The molecule has 0 bridgehead atoms. The van der Waals surface area contributed by atoms with Crippen molar-refractivity contribution in [3.8, 4) is 5.95 Å². The zero-order valence-corrected chi connectivity index (χ0v) is 16.2. The summed E-state index contributed by atoms with van der Waals surface area (Å²) in [4.78, 5) is 31.6. The van der Waals surface area contributed by atoms with Gasteiger partial charge >= 0.3 is 12.0 Å². The maximum Gasteiger partial charge on any atom is 0.324 e. The molecule has 9 nitrogen and oxygen atoms in total. The SMILES string of the molecule is CC(C)c1cc(NC(=O)Nc2cccc(CCC(=O)O)c2)n(-c2ncccn2)n1. The predicted molar refractivity (Wildman–Crippen MR) is 108 cm³/mol. The van der Waals surface area contributed by atoms with Gasteiger partial charge in [-0.2, -0.15) is 9.78 Å². The maximum atomic E-state index is 12.5. The number of anilines is 2. The normalized spacial score (nSPS) is 10.7. The van der Waals surface area contributed by atoms with Gasteiger partial charge in [0.1, 0.15) is 5.82 Å². The highest BCUT2D eigenvalue weighted by molar-refractivity contribution is 5.99. The van der Waals surface area contributed by atoms with Crippen LogP contribution in [0.5, 0.6) is 0 Å². The Labute approximate surface area is 167 Å². The molecule has 1 aromatic carbocycles. The minimum absolute atomic E-state index is 0.0316. The van der Waals surface area contributed by atoms with E-state index in [1.165, 1.54) is 4.68 Å². The van der Waals surface area contributed by atoms with Gasteiger partial charge in [0.25, 0.3) is 5.95 Å². The van der Waals surface area contributed by atoms with Crippen LogP contribution in [0.25, 0.3) is 5.95 Å². The lowest BCUT2D eigenvalue weighted by atomic mass is 10.1. The fourth-order valence-electron chi connectivity index (χ4n) is 2.66. The molecule has 150 valence electrons. The minimum Gasteiger partial charge on any atom is -0.481 e. The number of rotatable bonds is 7. The van der Waals surface area contributed by atoms with Gasteiger partial charge in [0.2, 0.25) is 0 Å². The molecular weight excluding hydrogens is 372 g/mol. The van der Waals surface area contributed by atoms with Gasteiger partial charge in [-0.15, -0.1) is 0 Å². The summed E-state index contributed by atoms with van der Waals surface area (Å²) in [7, 11) is 0. The monoisotopic (exact) mass is 394 g/mol. The van der Waals surface area contributed by atoms with E-state index in [0.29, 0.717) is 23.9 Å². The molecule has 0 spiro atoms. The summed E-state index contributed by atoms with van der Waals surface area (Å²) in [5.41, 5.74) is 2.19. The van der Waals surface area contributed by atoms with Gasteiger partial charge in [-0.25, -0.2) is 14.8 Å². The topological polar surface area (TPSA) is 122 Å². The van der Waals surface area contributed by atoms with Crippen molar-refractivity contribution in [2.24, 2.45) is 0 Å². The van der Waals surface area contributed by atoms with E-state index in [9.17, 15) is 9.59 Å². The van der Waals surface area contributed by atoms with E-state index in [2.05, 4.69) is 25.7 Å². The highest BCUT2D eigenvalue weighted by Gasteiger charge is 2.16. The molecule has 0 aliphatic carbocycles. The van der Waals surface area contributed by atoms with Gasteiger partial charge in [0.05, 0.1) is 5.69 Å². The number of carboxylic acids is 1. The average molecular weight is 394 g/mol. The maximum absolute atomic E-state index is 12.5. The van der Waals surface area contributed by atoms with Crippen molar-refractivity contribution >= 4 is 23.5 Å². The molecule has 0 unspecified atom stereocenters. The number of amides is 2. The van der Waals surface area contributed by atoms with Crippen LogP contribution in [0.4, 0.5) is 16.3 Å². The zero-order valence-electron chi connectivity index (χ0n) is 16.2. The molecule has 0 atom stereocenters. The first-order valence-corrected chi connectivity index (χ1v) is 9.18. The third-order valence-electron chi connectivity index (χ3n) is 4.12. The Bertz CT molecular complexity index is 1000. The van der Waals surface area contributed by atoms with Crippen molar-refractivity contribution in [1.82, 2.24) is 19.7 Å².